The van der Waals surface area contributed by atoms with E-state index in [1.54, 1.807) is 16.7 Å². The minimum atomic E-state index is -0.0601. The molecule has 1 atom stereocenters. The van der Waals surface area contributed by atoms with Crippen LogP contribution in [0.3, 0.4) is 0 Å². The van der Waals surface area contributed by atoms with Crippen LogP contribution >= 0.6 is 11.6 Å². The number of aromatic nitrogens is 2. The maximum Gasteiger partial charge on any atom is 0.266 e. The second kappa shape index (κ2) is 8.47. The lowest BCUT2D eigenvalue weighted by molar-refractivity contribution is 0.513. The third-order valence-corrected chi connectivity index (χ3v) is 4.76. The van der Waals surface area contributed by atoms with Gasteiger partial charge in [0.25, 0.3) is 5.56 Å². The Morgan fingerprint density at radius 2 is 1.85 bits per heavy atom. The molecule has 2 aromatic carbocycles. The fourth-order valence-electron chi connectivity index (χ4n) is 3.06. The standard InChI is InChI=1S/C21H24ClN3O/c1-3-4-7-14-23-15(2)20-24-19-9-6-5-8-18(19)21(26)25(20)17-12-10-16(22)11-13-17/h5-6,8-13,15,23H,3-4,7,14H2,1-2H3. The van der Waals surface area contributed by atoms with Crippen molar-refractivity contribution in [3.8, 4) is 5.69 Å². The van der Waals surface area contributed by atoms with E-state index in [2.05, 4.69) is 19.2 Å². The van der Waals surface area contributed by atoms with Crippen molar-refractivity contribution in [2.24, 2.45) is 0 Å². The van der Waals surface area contributed by atoms with Crippen molar-refractivity contribution in [3.63, 3.8) is 0 Å². The topological polar surface area (TPSA) is 46.9 Å². The van der Waals surface area contributed by atoms with Crippen LogP contribution in [0.25, 0.3) is 16.6 Å². The summed E-state index contributed by atoms with van der Waals surface area (Å²) in [6.45, 7) is 5.14. The summed E-state index contributed by atoms with van der Waals surface area (Å²) in [5.74, 6) is 0.715. The minimum absolute atomic E-state index is 0.0418. The third-order valence-electron chi connectivity index (χ3n) is 4.50. The zero-order valence-electron chi connectivity index (χ0n) is 15.2. The molecule has 0 bridgehead atoms. The number of rotatable bonds is 7. The molecule has 0 radical (unpaired) electrons. The molecule has 3 rings (SSSR count). The molecule has 5 heteroatoms. The molecule has 0 fully saturated rings. The number of hydrogen-bond acceptors (Lipinski definition) is 3. The molecule has 1 unspecified atom stereocenters. The van der Waals surface area contributed by atoms with Gasteiger partial charge in [-0.3, -0.25) is 9.36 Å². The molecule has 0 amide bonds. The first kappa shape index (κ1) is 18.6. The average Bonchev–Trinajstić information content (AvgIpc) is 2.66. The van der Waals surface area contributed by atoms with E-state index in [-0.39, 0.29) is 11.6 Å². The summed E-state index contributed by atoms with van der Waals surface area (Å²) in [6.07, 6.45) is 3.48. The second-order valence-electron chi connectivity index (χ2n) is 6.49. The van der Waals surface area contributed by atoms with Gasteiger partial charge in [0.2, 0.25) is 0 Å². The SMILES string of the molecule is CCCCCNC(C)c1nc2ccccc2c(=O)n1-c1ccc(Cl)cc1. The molecular weight excluding hydrogens is 346 g/mol. The van der Waals surface area contributed by atoms with E-state index in [4.69, 9.17) is 16.6 Å². The number of nitrogens with zero attached hydrogens (tertiary/aromatic N) is 2. The number of benzene rings is 2. The largest absolute Gasteiger partial charge is 0.308 e. The van der Waals surface area contributed by atoms with Crippen LogP contribution in [0.15, 0.2) is 53.3 Å². The molecule has 3 aromatic rings. The molecular formula is C21H24ClN3O. The van der Waals surface area contributed by atoms with Gasteiger partial charge >= 0.3 is 0 Å². The molecule has 0 aliphatic heterocycles. The van der Waals surface area contributed by atoms with Crippen molar-refractivity contribution in [3.05, 3.63) is 69.7 Å². The Balaban J connectivity index is 2.08. The number of nitrogens with one attached hydrogen (secondary N) is 1. The van der Waals surface area contributed by atoms with Gasteiger partial charge in [0, 0.05) is 5.02 Å². The smallest absolute Gasteiger partial charge is 0.266 e. The van der Waals surface area contributed by atoms with Crippen molar-refractivity contribution >= 4 is 22.5 Å². The highest BCUT2D eigenvalue weighted by Crippen LogP contribution is 2.19. The van der Waals surface area contributed by atoms with Gasteiger partial charge in [0.05, 0.1) is 22.6 Å². The Bertz CT molecular complexity index is 934. The maximum atomic E-state index is 13.2. The number of para-hydroxylation sites is 1. The van der Waals surface area contributed by atoms with E-state index in [0.717, 1.165) is 24.2 Å². The van der Waals surface area contributed by atoms with Gasteiger partial charge in [-0.1, -0.05) is 43.5 Å². The second-order valence-corrected chi connectivity index (χ2v) is 6.92. The Morgan fingerprint density at radius 3 is 2.58 bits per heavy atom. The van der Waals surface area contributed by atoms with Crippen LogP contribution in [0, 0.1) is 0 Å². The first-order valence-electron chi connectivity index (χ1n) is 9.13. The molecule has 0 spiro atoms. The fraction of sp³-hybridized carbons (Fsp3) is 0.333. The van der Waals surface area contributed by atoms with Crippen molar-refractivity contribution in [1.82, 2.24) is 14.9 Å². The van der Waals surface area contributed by atoms with Crippen LogP contribution < -0.4 is 10.9 Å². The van der Waals surface area contributed by atoms with Gasteiger partial charge in [0.1, 0.15) is 5.82 Å². The molecule has 1 heterocycles. The van der Waals surface area contributed by atoms with Gasteiger partial charge in [-0.25, -0.2) is 4.98 Å². The molecule has 0 aliphatic carbocycles. The van der Waals surface area contributed by atoms with Crippen molar-refractivity contribution < 1.29 is 0 Å². The van der Waals surface area contributed by atoms with Crippen molar-refractivity contribution in [2.45, 2.75) is 39.2 Å². The van der Waals surface area contributed by atoms with Crippen LogP contribution in [0.2, 0.25) is 5.02 Å². The Labute approximate surface area is 158 Å². The van der Waals surface area contributed by atoms with Gasteiger partial charge in [-0.05, 0) is 56.3 Å². The lowest BCUT2D eigenvalue weighted by Crippen LogP contribution is -2.30. The summed E-state index contributed by atoms with van der Waals surface area (Å²) in [7, 11) is 0. The molecule has 1 aromatic heterocycles. The van der Waals surface area contributed by atoms with Crippen LogP contribution in [0.1, 0.15) is 45.0 Å². The maximum absolute atomic E-state index is 13.2. The predicted octanol–water partition coefficient (Wildman–Crippen LogP) is 4.88. The lowest BCUT2D eigenvalue weighted by atomic mass is 10.2. The molecule has 0 saturated heterocycles. The first-order chi connectivity index (χ1) is 12.6. The normalized spacial score (nSPS) is 12.4. The lowest BCUT2D eigenvalue weighted by Gasteiger charge is -2.19. The Kier molecular flexibility index (Phi) is 6.07. The quantitative estimate of drug-likeness (QED) is 0.604. The summed E-state index contributed by atoms with van der Waals surface area (Å²) in [5, 5.41) is 4.76. The number of fused-ring (bicyclic) bond motifs is 1. The van der Waals surface area contributed by atoms with Gasteiger partial charge < -0.3 is 5.32 Å². The van der Waals surface area contributed by atoms with Crippen molar-refractivity contribution in [2.75, 3.05) is 6.54 Å². The van der Waals surface area contributed by atoms with Crippen LogP contribution in [-0.2, 0) is 0 Å². The van der Waals surface area contributed by atoms with Crippen molar-refractivity contribution in [1.29, 1.82) is 0 Å². The summed E-state index contributed by atoms with van der Waals surface area (Å²) >= 11 is 6.02. The molecule has 0 saturated carbocycles. The van der Waals surface area contributed by atoms with E-state index >= 15 is 0 Å². The minimum Gasteiger partial charge on any atom is -0.308 e. The van der Waals surface area contributed by atoms with E-state index in [9.17, 15) is 4.79 Å². The van der Waals surface area contributed by atoms with E-state index in [1.807, 2.05) is 36.4 Å². The highest BCUT2D eigenvalue weighted by Gasteiger charge is 2.17. The number of halogens is 1. The Morgan fingerprint density at radius 1 is 1.12 bits per heavy atom. The highest BCUT2D eigenvalue weighted by atomic mass is 35.5. The number of hydrogen-bond donors (Lipinski definition) is 1. The van der Waals surface area contributed by atoms with E-state index < -0.39 is 0 Å². The Hall–Kier alpha value is -2.17. The first-order valence-corrected chi connectivity index (χ1v) is 9.50. The van der Waals surface area contributed by atoms with Gasteiger partial charge in [-0.2, -0.15) is 0 Å². The molecule has 26 heavy (non-hydrogen) atoms. The summed E-state index contributed by atoms with van der Waals surface area (Å²) in [5.41, 5.74) is 1.44. The molecule has 4 nitrogen and oxygen atoms in total. The van der Waals surface area contributed by atoms with Gasteiger partial charge in [0.15, 0.2) is 0 Å². The zero-order valence-corrected chi connectivity index (χ0v) is 16.0. The summed E-state index contributed by atoms with van der Waals surface area (Å²) < 4.78 is 1.69. The summed E-state index contributed by atoms with van der Waals surface area (Å²) in [4.78, 5) is 18.0. The predicted molar refractivity (Wildman–Crippen MR) is 108 cm³/mol. The molecule has 1 N–H and O–H groups in total. The van der Waals surface area contributed by atoms with E-state index in [1.165, 1.54) is 12.8 Å². The molecule has 0 aliphatic rings. The van der Waals surface area contributed by atoms with Crippen LogP contribution in [-0.4, -0.2) is 16.1 Å². The highest BCUT2D eigenvalue weighted by molar-refractivity contribution is 6.30. The van der Waals surface area contributed by atoms with E-state index in [0.29, 0.717) is 16.2 Å². The van der Waals surface area contributed by atoms with Gasteiger partial charge in [-0.15, -0.1) is 0 Å². The number of unbranched alkanes of at least 4 members (excludes halogenated alkanes) is 2. The molecule has 136 valence electrons. The monoisotopic (exact) mass is 369 g/mol. The zero-order chi connectivity index (χ0) is 18.5. The van der Waals surface area contributed by atoms with Crippen LogP contribution in [0.4, 0.5) is 0 Å². The fourth-order valence-corrected chi connectivity index (χ4v) is 3.19. The average molecular weight is 370 g/mol. The van der Waals surface area contributed by atoms with Crippen LogP contribution in [0.5, 0.6) is 0 Å². The third kappa shape index (κ3) is 3.97. The summed E-state index contributed by atoms with van der Waals surface area (Å²) in [6, 6.07) is 14.7.